The average Bonchev–Trinajstić information content (AvgIpc) is 2.96. The van der Waals surface area contributed by atoms with E-state index in [1.165, 1.54) is 22.5 Å². The second kappa shape index (κ2) is 8.38. The van der Waals surface area contributed by atoms with Crippen molar-refractivity contribution in [1.82, 2.24) is 30.2 Å². The lowest BCUT2D eigenvalue weighted by Gasteiger charge is -2.18. The molecule has 0 bridgehead atoms. The van der Waals surface area contributed by atoms with E-state index in [0.717, 1.165) is 36.7 Å². The molecule has 1 atom stereocenters. The molecule has 2 aromatic heterocycles. The zero-order valence-corrected chi connectivity index (χ0v) is 17.4. The molecule has 144 valence electrons. The van der Waals surface area contributed by atoms with E-state index < -0.39 is 0 Å². The van der Waals surface area contributed by atoms with Crippen LogP contribution in [0.25, 0.3) is 0 Å². The molecule has 7 heteroatoms. The van der Waals surface area contributed by atoms with Crippen LogP contribution >= 0.6 is 0 Å². The van der Waals surface area contributed by atoms with Crippen LogP contribution in [0.4, 0.5) is 0 Å². The van der Waals surface area contributed by atoms with Crippen molar-refractivity contribution in [2.24, 2.45) is 19.1 Å². The Balaban J connectivity index is 1.89. The van der Waals surface area contributed by atoms with E-state index in [4.69, 9.17) is 0 Å². The molecule has 2 rings (SSSR count). The Morgan fingerprint density at radius 1 is 1.00 bits per heavy atom. The first-order chi connectivity index (χ1) is 12.2. The molecule has 2 heterocycles. The average molecular weight is 360 g/mol. The highest BCUT2D eigenvalue weighted by Crippen LogP contribution is 2.14. The molecule has 0 amide bonds. The molecule has 2 aromatic rings. The molecule has 0 aromatic carbocycles. The van der Waals surface area contributed by atoms with E-state index in [1.54, 1.807) is 0 Å². The lowest BCUT2D eigenvalue weighted by molar-refractivity contribution is 0.635. The number of aliphatic imine (C=N–C) groups is 1. The number of nitrogens with zero attached hydrogens (tertiary/aromatic N) is 5. The molecule has 0 aliphatic heterocycles. The fourth-order valence-corrected chi connectivity index (χ4v) is 3.38. The topological polar surface area (TPSA) is 72.1 Å². The SMILES string of the molecule is CN=C(NCCc1c(C)nn(C)c1C)NC(C)Cc1c(C)nn(C)c1C. The Labute approximate surface area is 156 Å². The fraction of sp³-hybridized carbons (Fsp3) is 0.632. The molecule has 0 saturated heterocycles. The number of nitrogens with one attached hydrogen (secondary N) is 2. The van der Waals surface area contributed by atoms with Crippen LogP contribution in [0.5, 0.6) is 0 Å². The van der Waals surface area contributed by atoms with Crippen molar-refractivity contribution in [3.05, 3.63) is 33.9 Å². The predicted molar refractivity (Wildman–Crippen MR) is 107 cm³/mol. The summed E-state index contributed by atoms with van der Waals surface area (Å²) < 4.78 is 3.89. The third-order valence-corrected chi connectivity index (χ3v) is 5.10. The van der Waals surface area contributed by atoms with Gasteiger partial charge in [0.2, 0.25) is 0 Å². The van der Waals surface area contributed by atoms with Crippen LogP contribution in [0.2, 0.25) is 0 Å². The molecule has 0 saturated carbocycles. The number of aromatic nitrogens is 4. The van der Waals surface area contributed by atoms with Gasteiger partial charge in [0.15, 0.2) is 5.96 Å². The maximum Gasteiger partial charge on any atom is 0.191 e. The fourth-order valence-electron chi connectivity index (χ4n) is 3.38. The highest BCUT2D eigenvalue weighted by Gasteiger charge is 2.14. The van der Waals surface area contributed by atoms with Gasteiger partial charge in [-0.3, -0.25) is 14.4 Å². The van der Waals surface area contributed by atoms with Crippen molar-refractivity contribution in [2.45, 2.75) is 53.5 Å². The largest absolute Gasteiger partial charge is 0.356 e. The summed E-state index contributed by atoms with van der Waals surface area (Å²) in [4.78, 5) is 4.35. The minimum absolute atomic E-state index is 0.268. The van der Waals surface area contributed by atoms with Crippen molar-refractivity contribution in [3.8, 4) is 0 Å². The third kappa shape index (κ3) is 4.45. The van der Waals surface area contributed by atoms with E-state index in [2.05, 4.69) is 60.4 Å². The number of aryl methyl sites for hydroxylation is 4. The summed E-state index contributed by atoms with van der Waals surface area (Å²) in [5.41, 5.74) is 7.27. The van der Waals surface area contributed by atoms with Gasteiger partial charge in [-0.25, -0.2) is 0 Å². The Morgan fingerprint density at radius 3 is 2.00 bits per heavy atom. The second-order valence-electron chi connectivity index (χ2n) is 7.04. The van der Waals surface area contributed by atoms with Gasteiger partial charge in [-0.2, -0.15) is 10.2 Å². The molecule has 26 heavy (non-hydrogen) atoms. The quantitative estimate of drug-likeness (QED) is 0.609. The van der Waals surface area contributed by atoms with Crippen molar-refractivity contribution >= 4 is 5.96 Å². The van der Waals surface area contributed by atoms with Gasteiger partial charge in [0.05, 0.1) is 11.4 Å². The van der Waals surface area contributed by atoms with E-state index in [0.29, 0.717) is 0 Å². The summed E-state index contributed by atoms with van der Waals surface area (Å²) in [5.74, 6) is 0.830. The summed E-state index contributed by atoms with van der Waals surface area (Å²) in [7, 11) is 5.79. The Bertz CT molecular complexity index is 782. The minimum atomic E-state index is 0.268. The third-order valence-electron chi connectivity index (χ3n) is 5.10. The minimum Gasteiger partial charge on any atom is -0.356 e. The monoisotopic (exact) mass is 359 g/mol. The second-order valence-corrected chi connectivity index (χ2v) is 7.04. The standard InChI is InChI=1S/C19H33N7/c1-12(11-18-14(3)24-26(8)16(18)5)22-19(20-6)21-10-9-17-13(2)23-25(7)15(17)4/h12H,9-11H2,1-8H3,(H2,20,21,22). The van der Waals surface area contributed by atoms with Crippen LogP contribution in [0, 0.1) is 27.7 Å². The predicted octanol–water partition coefficient (Wildman–Crippen LogP) is 1.73. The lowest BCUT2D eigenvalue weighted by atomic mass is 10.1. The van der Waals surface area contributed by atoms with Gasteiger partial charge in [0.25, 0.3) is 0 Å². The van der Waals surface area contributed by atoms with E-state index >= 15 is 0 Å². The number of guanidine groups is 1. The first-order valence-electron chi connectivity index (χ1n) is 9.19. The Hall–Kier alpha value is -2.31. The van der Waals surface area contributed by atoms with Gasteiger partial charge < -0.3 is 10.6 Å². The highest BCUT2D eigenvalue weighted by atomic mass is 15.3. The van der Waals surface area contributed by atoms with Gasteiger partial charge >= 0.3 is 0 Å². The molecule has 7 nitrogen and oxygen atoms in total. The van der Waals surface area contributed by atoms with Gasteiger partial charge in [0, 0.05) is 45.1 Å². The van der Waals surface area contributed by atoms with E-state index in [-0.39, 0.29) is 6.04 Å². The molecule has 0 aliphatic carbocycles. The summed E-state index contributed by atoms with van der Waals surface area (Å²) in [6.45, 7) is 11.4. The van der Waals surface area contributed by atoms with Gasteiger partial charge in [0.1, 0.15) is 0 Å². The highest BCUT2D eigenvalue weighted by molar-refractivity contribution is 5.79. The maximum atomic E-state index is 4.50. The summed E-state index contributed by atoms with van der Waals surface area (Å²) in [6.07, 6.45) is 1.86. The van der Waals surface area contributed by atoms with Crippen LogP contribution in [-0.2, 0) is 26.9 Å². The van der Waals surface area contributed by atoms with Gasteiger partial charge in [-0.05, 0) is 58.6 Å². The maximum absolute atomic E-state index is 4.50. The van der Waals surface area contributed by atoms with Crippen LogP contribution in [0.3, 0.4) is 0 Å². The van der Waals surface area contributed by atoms with E-state index in [9.17, 15) is 0 Å². The molecule has 0 radical (unpaired) electrons. The number of hydrogen-bond acceptors (Lipinski definition) is 3. The van der Waals surface area contributed by atoms with Crippen molar-refractivity contribution in [3.63, 3.8) is 0 Å². The lowest BCUT2D eigenvalue weighted by Crippen LogP contribution is -2.43. The molecule has 1 unspecified atom stereocenters. The summed E-state index contributed by atoms with van der Waals surface area (Å²) in [6, 6.07) is 0.268. The number of rotatable bonds is 6. The van der Waals surface area contributed by atoms with Crippen LogP contribution < -0.4 is 10.6 Å². The first kappa shape index (κ1) is 20.0. The van der Waals surface area contributed by atoms with Gasteiger partial charge in [-0.1, -0.05) is 0 Å². The van der Waals surface area contributed by atoms with E-state index in [1.807, 2.05) is 30.5 Å². The molecule has 0 spiro atoms. The van der Waals surface area contributed by atoms with Crippen LogP contribution in [0.15, 0.2) is 4.99 Å². The summed E-state index contributed by atoms with van der Waals surface area (Å²) in [5, 5.41) is 15.9. The van der Waals surface area contributed by atoms with Crippen molar-refractivity contribution < 1.29 is 0 Å². The molecular weight excluding hydrogens is 326 g/mol. The summed E-state index contributed by atoms with van der Waals surface area (Å²) >= 11 is 0. The Kier molecular flexibility index (Phi) is 6.45. The van der Waals surface area contributed by atoms with Gasteiger partial charge in [-0.15, -0.1) is 0 Å². The normalized spacial score (nSPS) is 13.2. The molecule has 0 aliphatic rings. The van der Waals surface area contributed by atoms with Crippen molar-refractivity contribution in [1.29, 1.82) is 0 Å². The molecular formula is C19H33N7. The zero-order chi connectivity index (χ0) is 19.4. The van der Waals surface area contributed by atoms with Crippen LogP contribution in [0.1, 0.15) is 40.8 Å². The van der Waals surface area contributed by atoms with Crippen LogP contribution in [-0.4, -0.2) is 45.2 Å². The number of hydrogen-bond donors (Lipinski definition) is 2. The smallest absolute Gasteiger partial charge is 0.191 e. The Morgan fingerprint density at radius 2 is 1.54 bits per heavy atom. The van der Waals surface area contributed by atoms with Crippen molar-refractivity contribution in [2.75, 3.05) is 13.6 Å². The molecule has 0 fully saturated rings. The first-order valence-corrected chi connectivity index (χ1v) is 9.19. The zero-order valence-electron chi connectivity index (χ0n) is 17.4. The molecule has 2 N–H and O–H groups in total.